The van der Waals surface area contributed by atoms with Gasteiger partial charge in [0.05, 0.1) is 0 Å². The predicted octanol–water partition coefficient (Wildman–Crippen LogP) is 5.21. The van der Waals surface area contributed by atoms with Gasteiger partial charge in [0.25, 0.3) is 0 Å². The average molecular weight is 445 g/mol. The lowest BCUT2D eigenvalue weighted by Gasteiger charge is -2.57. The molecule has 2 saturated heterocycles. The zero-order chi connectivity index (χ0) is 20.8. The Morgan fingerprint density at radius 1 is 0.375 bits per heavy atom. The van der Waals surface area contributed by atoms with Gasteiger partial charge in [-0.15, -0.1) is 0 Å². The smallest absolute Gasteiger partial charge is 0.210 e. The summed E-state index contributed by atoms with van der Waals surface area (Å²) in [6, 6.07) is 0. The van der Waals surface area contributed by atoms with Gasteiger partial charge in [0.1, 0.15) is 0 Å². The molecule has 9 saturated carbocycles. The Hall–Kier alpha value is -0.240. The number of hydrogen-bond donors (Lipinski definition) is 0. The minimum Gasteiger partial charge on any atom is -0.312 e. The van der Waals surface area contributed by atoms with E-state index in [2.05, 4.69) is 0 Å². The Balaban J connectivity index is 0.937. The fourth-order valence-corrected chi connectivity index (χ4v) is 10.6. The van der Waals surface area contributed by atoms with Gasteiger partial charge in [-0.1, -0.05) is 0 Å². The Morgan fingerprint density at radius 2 is 0.688 bits per heavy atom. The van der Waals surface area contributed by atoms with Crippen molar-refractivity contribution in [3.05, 3.63) is 0 Å². The van der Waals surface area contributed by atoms with E-state index in [-0.39, 0.29) is 0 Å². The van der Waals surface area contributed by atoms with Crippen molar-refractivity contribution in [3.63, 3.8) is 0 Å². The van der Waals surface area contributed by atoms with Crippen molar-refractivity contribution >= 4 is 0 Å². The normalized spacial score (nSPS) is 66.0. The predicted molar refractivity (Wildman–Crippen MR) is 110 cm³/mol. The fourth-order valence-electron chi connectivity index (χ4n) is 10.6. The van der Waals surface area contributed by atoms with E-state index >= 15 is 0 Å². The second-order valence-corrected chi connectivity index (χ2v) is 13.4. The molecule has 0 unspecified atom stereocenters. The summed E-state index contributed by atoms with van der Waals surface area (Å²) in [5.41, 5.74) is 0. The van der Waals surface area contributed by atoms with Crippen LogP contribution in [0.4, 0.5) is 0 Å². The molecule has 11 rings (SSSR count). The van der Waals surface area contributed by atoms with Crippen molar-refractivity contribution in [1.82, 2.24) is 0 Å². The van der Waals surface area contributed by atoms with E-state index in [0.29, 0.717) is 23.7 Å². The summed E-state index contributed by atoms with van der Waals surface area (Å²) in [4.78, 5) is 24.7. The topological polar surface area (TPSA) is 55.4 Å². The molecule has 4 spiro atoms. The maximum Gasteiger partial charge on any atom is 0.210 e. The van der Waals surface area contributed by atoms with E-state index in [1.54, 1.807) is 0 Å². The third-order valence-electron chi connectivity index (χ3n) is 11.7. The largest absolute Gasteiger partial charge is 0.312 e. The molecule has 2 heterocycles. The monoisotopic (exact) mass is 444 g/mol. The van der Waals surface area contributed by atoms with Crippen LogP contribution in [0.3, 0.4) is 0 Å². The molecule has 0 aromatic heterocycles. The van der Waals surface area contributed by atoms with E-state index in [0.717, 1.165) is 49.4 Å². The highest BCUT2D eigenvalue weighted by Crippen LogP contribution is 2.66. The van der Waals surface area contributed by atoms with Crippen LogP contribution >= 0.6 is 0 Å². The summed E-state index contributed by atoms with van der Waals surface area (Å²) in [6.45, 7) is 0. The molecule has 0 radical (unpaired) electrons. The first kappa shape index (κ1) is 19.0. The van der Waals surface area contributed by atoms with Gasteiger partial charge in [-0.05, 0) is 87.9 Å². The molecule has 32 heavy (non-hydrogen) atoms. The molecular weight excluding hydrogens is 408 g/mol. The minimum atomic E-state index is -0.632. The summed E-state index contributed by atoms with van der Waals surface area (Å²) in [6.07, 6.45) is 15.9. The van der Waals surface area contributed by atoms with Gasteiger partial charge in [0.2, 0.25) is 23.1 Å². The second-order valence-electron chi connectivity index (χ2n) is 13.4. The van der Waals surface area contributed by atoms with Gasteiger partial charge in [-0.3, -0.25) is 0 Å². The van der Waals surface area contributed by atoms with E-state index in [1.807, 2.05) is 0 Å². The van der Waals surface area contributed by atoms with Crippen LogP contribution in [-0.4, -0.2) is 23.1 Å². The lowest BCUT2D eigenvalue weighted by atomic mass is 9.53. The van der Waals surface area contributed by atoms with Crippen molar-refractivity contribution in [2.45, 2.75) is 113 Å². The molecule has 11 fully saturated rings. The van der Waals surface area contributed by atoms with E-state index in [4.69, 9.17) is 29.0 Å². The van der Waals surface area contributed by atoms with Crippen LogP contribution < -0.4 is 0 Å². The molecule has 0 N–H and O–H groups in total. The maximum absolute atomic E-state index is 6.89. The SMILES string of the molecule is C1C2CC3CC1CC(C2)C31OOC2(CCC3(CC2)OOC2(O3)C3CC4CC(C3)CC2C4)O1. The van der Waals surface area contributed by atoms with Crippen LogP contribution in [0.25, 0.3) is 0 Å². The second kappa shape index (κ2) is 5.93. The van der Waals surface area contributed by atoms with E-state index in [9.17, 15) is 0 Å². The first-order valence-corrected chi connectivity index (χ1v) is 13.7. The maximum atomic E-state index is 6.89. The Bertz CT molecular complexity index is 706. The third kappa shape index (κ3) is 2.29. The van der Waals surface area contributed by atoms with Crippen LogP contribution in [-0.2, 0) is 29.0 Å². The highest BCUT2D eigenvalue weighted by atomic mass is 17.3. The molecular formula is C26H36O6. The third-order valence-corrected chi connectivity index (χ3v) is 11.7. The summed E-state index contributed by atoms with van der Waals surface area (Å²) < 4.78 is 13.8. The van der Waals surface area contributed by atoms with Crippen molar-refractivity contribution in [2.75, 3.05) is 0 Å². The molecule has 8 bridgehead atoms. The molecule has 0 atom stereocenters. The molecule has 11 aliphatic rings. The van der Waals surface area contributed by atoms with Crippen LogP contribution in [0.15, 0.2) is 0 Å². The van der Waals surface area contributed by atoms with Gasteiger partial charge in [0, 0.05) is 49.4 Å². The average Bonchev–Trinajstić information content (AvgIpc) is 3.34. The van der Waals surface area contributed by atoms with Crippen LogP contribution in [0, 0.1) is 47.3 Å². The first-order chi connectivity index (χ1) is 15.6. The number of hydrogen-bond acceptors (Lipinski definition) is 6. The standard InChI is InChI=1S/C26H36O6/c1-2-24(28-26(32-30-24)21-11-17-6-18(13-21)14-22(26)12-17)4-3-23(1)27-25(31-29-23)19-7-15-5-16(9-19)10-20(25)8-15/h15-22H,1-14H2. The van der Waals surface area contributed by atoms with Crippen LogP contribution in [0.1, 0.15) is 89.9 Å². The molecule has 9 aliphatic carbocycles. The van der Waals surface area contributed by atoms with Crippen LogP contribution in [0.5, 0.6) is 0 Å². The van der Waals surface area contributed by atoms with Crippen molar-refractivity contribution in [2.24, 2.45) is 47.3 Å². The van der Waals surface area contributed by atoms with Gasteiger partial charge < -0.3 is 9.47 Å². The number of ether oxygens (including phenoxy) is 2. The summed E-state index contributed by atoms with van der Waals surface area (Å²) >= 11 is 0. The van der Waals surface area contributed by atoms with Gasteiger partial charge in [-0.2, -0.15) is 19.6 Å². The zero-order valence-corrected chi connectivity index (χ0v) is 19.0. The molecule has 6 heteroatoms. The lowest BCUT2D eigenvalue weighted by Crippen LogP contribution is -2.60. The summed E-state index contributed by atoms with van der Waals surface area (Å²) in [7, 11) is 0. The van der Waals surface area contributed by atoms with Crippen molar-refractivity contribution in [1.29, 1.82) is 0 Å². The van der Waals surface area contributed by atoms with Gasteiger partial charge >= 0.3 is 0 Å². The first-order valence-electron chi connectivity index (χ1n) is 13.7. The van der Waals surface area contributed by atoms with Gasteiger partial charge in [0.15, 0.2) is 0 Å². The highest BCUT2D eigenvalue weighted by Gasteiger charge is 2.71. The Kier molecular flexibility index (Phi) is 3.52. The lowest BCUT2D eigenvalue weighted by molar-refractivity contribution is -0.400. The zero-order valence-electron chi connectivity index (χ0n) is 19.0. The molecule has 2 aliphatic heterocycles. The fraction of sp³-hybridized carbons (Fsp3) is 1.00. The van der Waals surface area contributed by atoms with E-state index in [1.165, 1.54) is 64.2 Å². The van der Waals surface area contributed by atoms with Gasteiger partial charge in [-0.25, -0.2) is 0 Å². The quantitative estimate of drug-likeness (QED) is 0.478. The van der Waals surface area contributed by atoms with Crippen molar-refractivity contribution < 1.29 is 29.0 Å². The summed E-state index contributed by atoms with van der Waals surface area (Å²) in [5, 5.41) is 0. The molecule has 0 aromatic carbocycles. The Labute approximate surface area is 189 Å². The summed E-state index contributed by atoms with van der Waals surface area (Å²) in [5.74, 6) is 3.32. The molecule has 176 valence electrons. The van der Waals surface area contributed by atoms with E-state index < -0.39 is 23.1 Å². The minimum absolute atomic E-state index is 0.492. The highest BCUT2D eigenvalue weighted by molar-refractivity contribution is 5.08. The molecule has 0 aromatic rings. The van der Waals surface area contributed by atoms with Crippen molar-refractivity contribution in [3.8, 4) is 0 Å². The van der Waals surface area contributed by atoms with Crippen LogP contribution in [0.2, 0.25) is 0 Å². The molecule has 6 nitrogen and oxygen atoms in total. The Morgan fingerprint density at radius 3 is 1.00 bits per heavy atom. The molecule has 0 amide bonds. The number of rotatable bonds is 0.